The number of ketones is 1. The van der Waals surface area contributed by atoms with Gasteiger partial charge in [-0.1, -0.05) is 19.9 Å². The molecule has 1 N–H and O–H groups in total. The maximum absolute atomic E-state index is 14.5. The molecule has 1 heterocycles. The lowest BCUT2D eigenvalue weighted by Gasteiger charge is -2.27. The Bertz CT molecular complexity index is 1900. The molecule has 0 bridgehead atoms. The molecule has 0 atom stereocenters. The van der Waals surface area contributed by atoms with E-state index in [1.807, 2.05) is 0 Å². The summed E-state index contributed by atoms with van der Waals surface area (Å²) in [7, 11) is -3.75. The van der Waals surface area contributed by atoms with Gasteiger partial charge in [-0.05, 0) is 56.3 Å². The van der Waals surface area contributed by atoms with Crippen molar-refractivity contribution >= 4 is 32.4 Å². The molecule has 4 aromatic rings. The first-order valence-corrected chi connectivity index (χ1v) is 14.6. The summed E-state index contributed by atoms with van der Waals surface area (Å²) in [5.74, 6) is -3.36. The van der Waals surface area contributed by atoms with Gasteiger partial charge in [0.1, 0.15) is 5.82 Å². The van der Waals surface area contributed by atoms with E-state index in [9.17, 15) is 40.0 Å². The van der Waals surface area contributed by atoms with E-state index < -0.39 is 50.9 Å². The lowest BCUT2D eigenvalue weighted by molar-refractivity contribution is -0.210. The Morgan fingerprint density at radius 1 is 0.977 bits per heavy atom. The monoisotopic (exact) mass is 622 g/mol. The second kappa shape index (κ2) is 11.4. The number of pyridine rings is 1. The third kappa shape index (κ3) is 6.71. The summed E-state index contributed by atoms with van der Waals surface area (Å²) < 4.78 is 103. The van der Waals surface area contributed by atoms with Gasteiger partial charge in [0.25, 0.3) is 0 Å². The highest BCUT2D eigenvalue weighted by molar-refractivity contribution is 7.92. The number of alkyl halides is 3. The van der Waals surface area contributed by atoms with Crippen molar-refractivity contribution in [3.8, 4) is 17.2 Å². The van der Waals surface area contributed by atoms with Crippen molar-refractivity contribution in [3.63, 3.8) is 0 Å². The quantitative estimate of drug-likeness (QED) is 0.156. The van der Waals surface area contributed by atoms with Crippen LogP contribution in [0.2, 0.25) is 0 Å². The molecule has 0 aliphatic rings. The summed E-state index contributed by atoms with van der Waals surface area (Å²) in [4.78, 5) is 26.1. The summed E-state index contributed by atoms with van der Waals surface area (Å²) in [6, 6.07) is 10.5. The maximum atomic E-state index is 14.5. The van der Waals surface area contributed by atoms with Crippen LogP contribution in [0.5, 0.6) is 11.5 Å². The number of aryl methyl sites for hydroxylation is 1. The first kappa shape index (κ1) is 31.7. The lowest BCUT2D eigenvalue weighted by atomic mass is 9.84. The largest absolute Gasteiger partial charge is 0.452 e. The number of aromatic nitrogens is 1. The van der Waals surface area contributed by atoms with Gasteiger partial charge < -0.3 is 9.30 Å². The number of fused-ring (bicyclic) bond motifs is 1. The molecule has 3 aromatic carbocycles. The maximum Gasteiger partial charge on any atom is 0.394 e. The van der Waals surface area contributed by atoms with Crippen LogP contribution in [-0.2, 0) is 10.0 Å². The molecule has 228 valence electrons. The highest BCUT2D eigenvalue weighted by atomic mass is 32.2. The summed E-state index contributed by atoms with van der Waals surface area (Å²) >= 11 is 0. The number of hydrogen-bond acceptors (Lipinski definition) is 5. The number of halogens is 5. The number of benzene rings is 3. The van der Waals surface area contributed by atoms with Crippen molar-refractivity contribution in [2.75, 3.05) is 10.5 Å². The Balaban J connectivity index is 1.95. The van der Waals surface area contributed by atoms with Gasteiger partial charge in [-0.25, -0.2) is 17.2 Å². The lowest BCUT2D eigenvalue weighted by Crippen LogP contribution is -2.34. The predicted molar refractivity (Wildman–Crippen MR) is 153 cm³/mol. The molecule has 0 saturated heterocycles. The number of sulfonamides is 1. The number of anilines is 1. The van der Waals surface area contributed by atoms with Crippen LogP contribution in [0.15, 0.2) is 65.6 Å². The Morgan fingerprint density at radius 2 is 1.65 bits per heavy atom. The number of hydrogen-bond donors (Lipinski definition) is 1. The molecule has 0 aliphatic heterocycles. The molecule has 4 rings (SSSR count). The number of rotatable bonds is 9. The van der Waals surface area contributed by atoms with Crippen molar-refractivity contribution in [3.05, 3.63) is 93.8 Å². The van der Waals surface area contributed by atoms with Gasteiger partial charge in [-0.15, -0.1) is 0 Å². The van der Waals surface area contributed by atoms with Crippen molar-refractivity contribution in [1.29, 1.82) is 0 Å². The third-order valence-electron chi connectivity index (χ3n) is 6.86. The minimum Gasteiger partial charge on any atom is -0.452 e. The van der Waals surface area contributed by atoms with E-state index >= 15 is 0 Å². The Hall–Kier alpha value is -4.26. The van der Waals surface area contributed by atoms with Gasteiger partial charge >= 0.3 is 6.18 Å². The van der Waals surface area contributed by atoms with Gasteiger partial charge in [0.05, 0.1) is 28.1 Å². The van der Waals surface area contributed by atoms with Crippen molar-refractivity contribution in [1.82, 2.24) is 4.57 Å². The zero-order valence-electron chi connectivity index (χ0n) is 23.5. The fourth-order valence-electron chi connectivity index (χ4n) is 4.22. The minimum absolute atomic E-state index is 0.0516. The first-order valence-electron chi connectivity index (χ1n) is 13.0. The van der Waals surface area contributed by atoms with E-state index in [1.165, 1.54) is 61.0 Å². The van der Waals surface area contributed by atoms with Gasteiger partial charge in [0.2, 0.25) is 10.0 Å². The fourth-order valence-corrected chi connectivity index (χ4v) is 4.85. The molecule has 0 fully saturated rings. The van der Waals surface area contributed by atoms with Crippen LogP contribution < -0.4 is 14.9 Å². The Labute approximate surface area is 244 Å². The van der Waals surface area contributed by atoms with E-state index in [0.717, 1.165) is 26.0 Å². The number of nitrogens with one attached hydrogen (secondary N) is 1. The second-order valence-corrected chi connectivity index (χ2v) is 12.6. The molecular weight excluding hydrogens is 595 g/mol. The third-order valence-corrected chi connectivity index (χ3v) is 8.17. The highest BCUT2D eigenvalue weighted by Crippen LogP contribution is 2.41. The minimum atomic E-state index is -4.65. The molecule has 0 amide bonds. The molecule has 0 unspecified atom stereocenters. The van der Waals surface area contributed by atoms with Crippen LogP contribution in [0.3, 0.4) is 0 Å². The zero-order valence-corrected chi connectivity index (χ0v) is 24.3. The van der Waals surface area contributed by atoms with E-state index in [-0.39, 0.29) is 50.7 Å². The average Bonchev–Trinajstić information content (AvgIpc) is 2.91. The second-order valence-electron chi connectivity index (χ2n) is 10.6. The van der Waals surface area contributed by atoms with Crippen LogP contribution in [-0.4, -0.2) is 30.7 Å². The molecule has 0 spiro atoms. The van der Waals surface area contributed by atoms with E-state index in [1.54, 1.807) is 0 Å². The molecule has 13 heteroatoms. The summed E-state index contributed by atoms with van der Waals surface area (Å²) in [6.07, 6.45) is -4.13. The molecule has 0 aliphatic carbocycles. The van der Waals surface area contributed by atoms with Gasteiger partial charge in [-0.3, -0.25) is 14.3 Å². The molecular formula is C30H27F5N2O5S. The fraction of sp³-hybridized carbons (Fsp3) is 0.267. The normalized spacial score (nSPS) is 12.4. The molecule has 1 aromatic heterocycles. The van der Waals surface area contributed by atoms with Crippen molar-refractivity contribution < 1.29 is 39.9 Å². The van der Waals surface area contributed by atoms with Crippen LogP contribution in [0.4, 0.5) is 27.6 Å². The molecule has 43 heavy (non-hydrogen) atoms. The van der Waals surface area contributed by atoms with E-state index in [0.29, 0.717) is 6.07 Å². The first-order chi connectivity index (χ1) is 19.9. The van der Waals surface area contributed by atoms with Crippen molar-refractivity contribution in [2.45, 2.75) is 40.3 Å². The Morgan fingerprint density at radius 3 is 2.28 bits per heavy atom. The number of carbonyl (C=O) groups excluding carboxylic acids is 1. The van der Waals surface area contributed by atoms with Crippen LogP contribution >= 0.6 is 0 Å². The summed E-state index contributed by atoms with van der Waals surface area (Å²) in [5, 5.41) is 0.102. The van der Waals surface area contributed by atoms with E-state index in [2.05, 4.69) is 4.72 Å². The van der Waals surface area contributed by atoms with Crippen LogP contribution in [0.25, 0.3) is 16.6 Å². The molecule has 0 saturated carbocycles. The SMILES string of the molecule is CCS(=O)(=O)Nc1ccc(Oc2ccc(F)cc2F)c(-n2cc(C)c(=O)c3ccc(C(=O)CC(C)(C)C(F)(F)F)cc32)c1. The van der Waals surface area contributed by atoms with Gasteiger partial charge in [-0.2, -0.15) is 13.2 Å². The van der Waals surface area contributed by atoms with Crippen LogP contribution in [0.1, 0.15) is 43.1 Å². The number of Topliss-reactive ketones (excluding diaryl/α,β-unsaturated/α-hetero) is 1. The molecule has 0 radical (unpaired) electrons. The highest BCUT2D eigenvalue weighted by Gasteiger charge is 2.48. The standard InChI is InChI=1S/C30H27F5N2O5S/c1-5-43(40,41)36-20-8-11-27(42-26-10-7-19(31)13-22(26)32)24(14-20)37-16-17(2)28(39)21-9-6-18(12-23(21)37)25(38)15-29(3,4)30(33,34)35/h6-14,16,36H,5,15H2,1-4H3. The number of nitrogens with zero attached hydrogens (tertiary/aromatic N) is 1. The van der Waals surface area contributed by atoms with Crippen molar-refractivity contribution in [2.24, 2.45) is 5.41 Å². The zero-order chi connectivity index (χ0) is 31.9. The average molecular weight is 623 g/mol. The number of ether oxygens (including phenoxy) is 1. The number of carbonyl (C=O) groups is 1. The van der Waals surface area contributed by atoms with Gasteiger partial charge in [0.15, 0.2) is 28.5 Å². The smallest absolute Gasteiger partial charge is 0.394 e. The summed E-state index contributed by atoms with van der Waals surface area (Å²) in [6.45, 7) is 4.75. The van der Waals surface area contributed by atoms with Crippen LogP contribution in [0, 0.1) is 24.0 Å². The Kier molecular flexibility index (Phi) is 8.42. The van der Waals surface area contributed by atoms with E-state index in [4.69, 9.17) is 4.74 Å². The topological polar surface area (TPSA) is 94.5 Å². The molecule has 7 nitrogen and oxygen atoms in total. The summed E-state index contributed by atoms with van der Waals surface area (Å²) in [5.41, 5.74) is -2.38. The van der Waals surface area contributed by atoms with Gasteiger partial charge in [0, 0.05) is 35.2 Å². The predicted octanol–water partition coefficient (Wildman–Crippen LogP) is 7.29.